The Balaban J connectivity index is 2.92. The second-order valence-corrected chi connectivity index (χ2v) is 2.86. The van der Waals surface area contributed by atoms with Crippen LogP contribution in [0.5, 0.6) is 0 Å². The van der Waals surface area contributed by atoms with Crippen LogP contribution in [0.15, 0.2) is 22.9 Å². The first-order valence-electron chi connectivity index (χ1n) is 3.04. The summed E-state index contributed by atoms with van der Waals surface area (Å²) in [5, 5.41) is 8.24. The molecule has 0 saturated carbocycles. The number of pyridine rings is 1. The highest BCUT2D eigenvalue weighted by atomic mass is 79.9. The standard InChI is InChI=1S/C8H4BrNO2/c9-7-3-6(4-10-5-7)1-2-8(11)12/h3-5H,(H,11,12). The normalized spacial score (nSPS) is 8.42. The van der Waals surface area contributed by atoms with Crippen molar-refractivity contribution in [2.24, 2.45) is 0 Å². The van der Waals surface area contributed by atoms with Gasteiger partial charge in [-0.3, -0.25) is 4.98 Å². The van der Waals surface area contributed by atoms with Gasteiger partial charge in [-0.1, -0.05) is 5.92 Å². The molecule has 12 heavy (non-hydrogen) atoms. The van der Waals surface area contributed by atoms with Crippen molar-refractivity contribution in [3.8, 4) is 11.8 Å². The second-order valence-electron chi connectivity index (χ2n) is 1.95. The van der Waals surface area contributed by atoms with Gasteiger partial charge in [-0.15, -0.1) is 0 Å². The van der Waals surface area contributed by atoms with E-state index in [0.717, 1.165) is 4.47 Å². The quantitative estimate of drug-likeness (QED) is 0.678. The second kappa shape index (κ2) is 3.88. The molecule has 1 heterocycles. The summed E-state index contributed by atoms with van der Waals surface area (Å²) in [6, 6.07) is 1.70. The summed E-state index contributed by atoms with van der Waals surface area (Å²) in [5.41, 5.74) is 0.576. The summed E-state index contributed by atoms with van der Waals surface area (Å²) in [5.74, 6) is 3.29. The lowest BCUT2D eigenvalue weighted by Gasteiger charge is -1.88. The molecule has 3 nitrogen and oxygen atoms in total. The van der Waals surface area contributed by atoms with Gasteiger partial charge >= 0.3 is 5.97 Å². The Hall–Kier alpha value is -1.34. The number of hydrogen-bond acceptors (Lipinski definition) is 2. The largest absolute Gasteiger partial charge is 0.472 e. The smallest absolute Gasteiger partial charge is 0.382 e. The Morgan fingerprint density at radius 2 is 2.33 bits per heavy atom. The highest BCUT2D eigenvalue weighted by Crippen LogP contribution is 2.07. The van der Waals surface area contributed by atoms with Gasteiger partial charge in [-0.25, -0.2) is 4.79 Å². The molecule has 0 aliphatic carbocycles. The first-order chi connectivity index (χ1) is 5.68. The summed E-state index contributed by atoms with van der Waals surface area (Å²) in [6.07, 6.45) is 3.10. The van der Waals surface area contributed by atoms with Crippen molar-refractivity contribution >= 4 is 21.9 Å². The van der Waals surface area contributed by atoms with E-state index in [1.54, 1.807) is 12.3 Å². The van der Waals surface area contributed by atoms with Crippen molar-refractivity contribution < 1.29 is 9.90 Å². The molecule has 0 atom stereocenters. The van der Waals surface area contributed by atoms with Gasteiger partial charge < -0.3 is 5.11 Å². The highest BCUT2D eigenvalue weighted by Gasteiger charge is 1.90. The number of hydrogen-bond donors (Lipinski definition) is 1. The van der Waals surface area contributed by atoms with Crippen LogP contribution in [0.3, 0.4) is 0 Å². The molecule has 0 spiro atoms. The van der Waals surface area contributed by atoms with Crippen LogP contribution in [-0.4, -0.2) is 16.1 Å². The Morgan fingerprint density at radius 1 is 1.58 bits per heavy atom. The van der Waals surface area contributed by atoms with Gasteiger partial charge in [0.25, 0.3) is 0 Å². The summed E-state index contributed by atoms with van der Waals surface area (Å²) >= 11 is 3.19. The van der Waals surface area contributed by atoms with Crippen LogP contribution in [0.4, 0.5) is 0 Å². The molecule has 0 saturated heterocycles. The third-order valence-corrected chi connectivity index (χ3v) is 1.45. The van der Waals surface area contributed by atoms with Crippen molar-refractivity contribution in [2.45, 2.75) is 0 Å². The first-order valence-corrected chi connectivity index (χ1v) is 3.83. The van der Waals surface area contributed by atoms with Crippen molar-refractivity contribution in [3.05, 3.63) is 28.5 Å². The van der Waals surface area contributed by atoms with Crippen molar-refractivity contribution in [1.29, 1.82) is 0 Å². The summed E-state index contributed by atoms with van der Waals surface area (Å²) in [6.45, 7) is 0. The van der Waals surface area contributed by atoms with Gasteiger partial charge in [0.15, 0.2) is 0 Å². The maximum absolute atomic E-state index is 10.1. The molecule has 0 unspecified atom stereocenters. The molecule has 4 heteroatoms. The molecule has 60 valence electrons. The molecule has 1 aromatic rings. The van der Waals surface area contributed by atoms with E-state index in [4.69, 9.17) is 5.11 Å². The van der Waals surface area contributed by atoms with Gasteiger partial charge in [0.05, 0.1) is 0 Å². The summed E-state index contributed by atoms with van der Waals surface area (Å²) < 4.78 is 0.777. The fourth-order valence-corrected chi connectivity index (χ4v) is 0.971. The predicted octanol–water partition coefficient (Wildman–Crippen LogP) is 1.28. The molecule has 0 aromatic carbocycles. The zero-order valence-electron chi connectivity index (χ0n) is 5.91. The van der Waals surface area contributed by atoms with E-state index in [1.165, 1.54) is 6.20 Å². The molecule has 1 rings (SSSR count). The summed E-state index contributed by atoms with van der Waals surface area (Å²) in [7, 11) is 0. The van der Waals surface area contributed by atoms with Gasteiger partial charge in [0.1, 0.15) is 0 Å². The van der Waals surface area contributed by atoms with Crippen LogP contribution in [0.2, 0.25) is 0 Å². The minimum Gasteiger partial charge on any atom is -0.472 e. The molecule has 0 bridgehead atoms. The Bertz CT molecular complexity index is 365. The topological polar surface area (TPSA) is 50.2 Å². The lowest BCUT2D eigenvalue weighted by atomic mass is 10.3. The van der Waals surface area contributed by atoms with E-state index in [1.807, 2.05) is 5.92 Å². The molecule has 1 aromatic heterocycles. The lowest BCUT2D eigenvalue weighted by Crippen LogP contribution is -1.87. The van der Waals surface area contributed by atoms with E-state index in [2.05, 4.69) is 26.8 Å². The molecule has 1 N–H and O–H groups in total. The number of carboxylic acids is 1. The predicted molar refractivity (Wildman–Crippen MR) is 46.5 cm³/mol. The number of aliphatic carboxylic acids is 1. The van der Waals surface area contributed by atoms with Gasteiger partial charge in [-0.2, -0.15) is 0 Å². The first kappa shape index (κ1) is 8.75. The van der Waals surface area contributed by atoms with Gasteiger partial charge in [-0.05, 0) is 22.0 Å². The average molecular weight is 226 g/mol. The van der Waals surface area contributed by atoms with E-state index in [-0.39, 0.29) is 0 Å². The molecule has 0 aliphatic rings. The summed E-state index contributed by atoms with van der Waals surface area (Å²) in [4.78, 5) is 13.9. The Labute approximate surface area is 77.6 Å². The number of carboxylic acid groups (broad SMARTS) is 1. The molecule has 0 amide bonds. The van der Waals surface area contributed by atoms with Crippen molar-refractivity contribution in [3.63, 3.8) is 0 Å². The van der Waals surface area contributed by atoms with Crippen LogP contribution in [-0.2, 0) is 4.79 Å². The molecule has 0 radical (unpaired) electrons. The van der Waals surface area contributed by atoms with Gasteiger partial charge in [0.2, 0.25) is 0 Å². The zero-order chi connectivity index (χ0) is 8.97. The van der Waals surface area contributed by atoms with E-state index < -0.39 is 5.97 Å². The molecular formula is C8H4BrNO2. The van der Waals surface area contributed by atoms with E-state index in [9.17, 15) is 4.79 Å². The highest BCUT2D eigenvalue weighted by molar-refractivity contribution is 9.10. The van der Waals surface area contributed by atoms with Gasteiger partial charge in [0, 0.05) is 28.4 Å². The Kier molecular flexibility index (Phi) is 2.83. The number of nitrogens with zero attached hydrogens (tertiary/aromatic N) is 1. The van der Waals surface area contributed by atoms with Crippen LogP contribution in [0, 0.1) is 11.8 Å². The SMILES string of the molecule is O=C(O)C#Cc1cncc(Br)c1. The molecule has 0 aliphatic heterocycles. The van der Waals surface area contributed by atoms with Crippen molar-refractivity contribution in [2.75, 3.05) is 0 Å². The number of halogens is 1. The number of carbonyl (C=O) groups is 1. The molecular weight excluding hydrogens is 222 g/mol. The van der Waals surface area contributed by atoms with Crippen LogP contribution in [0.25, 0.3) is 0 Å². The fraction of sp³-hybridized carbons (Fsp3) is 0. The van der Waals surface area contributed by atoms with Crippen LogP contribution in [0.1, 0.15) is 5.56 Å². The Morgan fingerprint density at radius 3 is 2.92 bits per heavy atom. The fourth-order valence-electron chi connectivity index (χ4n) is 0.606. The number of rotatable bonds is 0. The minimum absolute atomic E-state index is 0.576. The van der Waals surface area contributed by atoms with Crippen LogP contribution < -0.4 is 0 Å². The molecule has 0 fully saturated rings. The third kappa shape index (κ3) is 2.72. The maximum Gasteiger partial charge on any atom is 0.382 e. The minimum atomic E-state index is -1.14. The monoisotopic (exact) mass is 225 g/mol. The lowest BCUT2D eigenvalue weighted by molar-refractivity contribution is -0.130. The van der Waals surface area contributed by atoms with E-state index >= 15 is 0 Å². The maximum atomic E-state index is 10.1. The van der Waals surface area contributed by atoms with E-state index in [0.29, 0.717) is 5.56 Å². The van der Waals surface area contributed by atoms with Crippen molar-refractivity contribution in [1.82, 2.24) is 4.98 Å². The zero-order valence-corrected chi connectivity index (χ0v) is 7.50. The van der Waals surface area contributed by atoms with Crippen LogP contribution >= 0.6 is 15.9 Å². The average Bonchev–Trinajstić information content (AvgIpc) is 2.01. The number of aromatic nitrogens is 1. The third-order valence-electron chi connectivity index (χ3n) is 1.02.